The number of carboxylic acids is 1. The van der Waals surface area contributed by atoms with Gasteiger partial charge >= 0.3 is 17.5 Å². The molecule has 0 heterocycles. The third-order valence-corrected chi connectivity index (χ3v) is 7.80. The Morgan fingerprint density at radius 2 is 1.55 bits per heavy atom. The van der Waals surface area contributed by atoms with Gasteiger partial charge in [-0.15, -0.1) is 0 Å². The van der Waals surface area contributed by atoms with Crippen molar-refractivity contribution < 1.29 is 32.7 Å². The molecule has 222 valence electrons. The summed E-state index contributed by atoms with van der Waals surface area (Å²) >= 11 is -0.261. The van der Waals surface area contributed by atoms with Gasteiger partial charge in [-0.25, -0.2) is 4.79 Å². The summed E-state index contributed by atoms with van der Waals surface area (Å²) in [6.45, 7) is -0.00368. The van der Waals surface area contributed by atoms with Crippen LogP contribution < -0.4 is 16.0 Å². The normalized spacial score (nSPS) is 14.5. The number of hydrogen-bond acceptors (Lipinski definition) is 4. The molecule has 3 aromatic carbocycles. The number of amides is 3. The summed E-state index contributed by atoms with van der Waals surface area (Å²) in [5.74, 6) is -0.931. The Kier molecular flexibility index (Phi) is 10.5. The molecule has 0 aromatic heterocycles. The maximum absolute atomic E-state index is 13.1. The summed E-state index contributed by atoms with van der Waals surface area (Å²) < 4.78 is 38.4. The van der Waals surface area contributed by atoms with E-state index in [4.69, 9.17) is 5.11 Å². The van der Waals surface area contributed by atoms with Crippen molar-refractivity contribution in [1.82, 2.24) is 10.6 Å². The molecule has 1 unspecified atom stereocenters. The zero-order valence-electron chi connectivity index (χ0n) is 22.7. The minimum Gasteiger partial charge on any atom is -0.481 e. The fraction of sp³-hybridized carbons (Fsp3) is 0.323. The molecule has 0 radical (unpaired) electrons. The van der Waals surface area contributed by atoms with Crippen molar-refractivity contribution in [3.05, 3.63) is 95.1 Å². The second-order valence-corrected chi connectivity index (χ2v) is 11.3. The highest BCUT2D eigenvalue weighted by atomic mass is 32.2. The molecule has 7 nitrogen and oxygen atoms in total. The van der Waals surface area contributed by atoms with Crippen LogP contribution in [0.25, 0.3) is 0 Å². The number of carbonyl (C=O) groups excluding carboxylic acids is 2. The lowest BCUT2D eigenvalue weighted by Gasteiger charge is -2.24. The van der Waals surface area contributed by atoms with Crippen molar-refractivity contribution in [3.8, 4) is 0 Å². The molecular formula is C31H32F3N3O4S. The fourth-order valence-corrected chi connectivity index (χ4v) is 5.64. The van der Waals surface area contributed by atoms with Crippen molar-refractivity contribution >= 4 is 35.4 Å². The second kappa shape index (κ2) is 14.3. The van der Waals surface area contributed by atoms with Crippen LogP contribution in [0.15, 0.2) is 77.7 Å². The lowest BCUT2D eigenvalue weighted by atomic mass is 9.83. The molecule has 1 fully saturated rings. The van der Waals surface area contributed by atoms with Gasteiger partial charge in [0.15, 0.2) is 0 Å². The maximum atomic E-state index is 13.1. The van der Waals surface area contributed by atoms with Crippen LogP contribution in [0.2, 0.25) is 0 Å². The lowest BCUT2D eigenvalue weighted by molar-refractivity contribution is -0.136. The van der Waals surface area contributed by atoms with Crippen LogP contribution in [-0.4, -0.2) is 35.1 Å². The Hall–Kier alpha value is -3.99. The van der Waals surface area contributed by atoms with Gasteiger partial charge in [-0.05, 0) is 77.5 Å². The number of rotatable bonds is 10. The van der Waals surface area contributed by atoms with Crippen LogP contribution in [0.5, 0.6) is 0 Å². The molecule has 0 aliphatic heterocycles. The molecule has 1 aliphatic rings. The summed E-state index contributed by atoms with van der Waals surface area (Å²) in [7, 11) is 0. The molecule has 0 saturated heterocycles. The molecule has 0 bridgehead atoms. The van der Waals surface area contributed by atoms with Gasteiger partial charge in [0.05, 0.1) is 12.5 Å². The molecule has 4 rings (SSSR count). The SMILES string of the molecule is O=C(O)CCNC(=O)c1ccc(C(NC(=O)Nc2cccc(SC(F)(F)F)c2)c2ccc(C3CCCCC3)cc2)cc1. The van der Waals surface area contributed by atoms with Gasteiger partial charge in [0.1, 0.15) is 0 Å². The first kappa shape index (κ1) is 31.0. The van der Waals surface area contributed by atoms with Crippen molar-refractivity contribution in [3.63, 3.8) is 0 Å². The van der Waals surface area contributed by atoms with E-state index in [9.17, 15) is 27.6 Å². The third kappa shape index (κ3) is 9.27. The van der Waals surface area contributed by atoms with Crippen LogP contribution in [0, 0.1) is 0 Å². The Balaban J connectivity index is 1.53. The van der Waals surface area contributed by atoms with Gasteiger partial charge < -0.3 is 21.1 Å². The molecule has 1 atom stereocenters. The van der Waals surface area contributed by atoms with Crippen molar-refractivity contribution in [2.24, 2.45) is 0 Å². The Bertz CT molecular complexity index is 1380. The van der Waals surface area contributed by atoms with E-state index in [2.05, 4.69) is 28.1 Å². The van der Waals surface area contributed by atoms with Gasteiger partial charge in [0.25, 0.3) is 5.91 Å². The van der Waals surface area contributed by atoms with Gasteiger partial charge in [-0.1, -0.05) is 61.7 Å². The number of nitrogens with one attached hydrogen (secondary N) is 3. The molecule has 42 heavy (non-hydrogen) atoms. The van der Waals surface area contributed by atoms with E-state index in [0.29, 0.717) is 17.0 Å². The van der Waals surface area contributed by atoms with Gasteiger partial charge in [-0.3, -0.25) is 9.59 Å². The first-order chi connectivity index (χ1) is 20.1. The summed E-state index contributed by atoms with van der Waals surface area (Å²) in [6, 6.07) is 18.9. The minimum absolute atomic E-state index is 0.00368. The minimum atomic E-state index is -4.45. The highest BCUT2D eigenvalue weighted by molar-refractivity contribution is 8.00. The van der Waals surface area contributed by atoms with Crippen molar-refractivity contribution in [2.75, 3.05) is 11.9 Å². The standard InChI is InChI=1S/C31H32F3N3O4S/c32-31(33,34)42-26-8-4-7-25(19-26)36-30(41)37-28(22-11-9-21(10-12-22)20-5-2-1-3-6-20)23-13-15-24(16-14-23)29(40)35-18-17-27(38)39/h4,7-16,19-20,28H,1-3,5-6,17-18H2,(H,35,40)(H,38,39)(H2,36,37,41). The molecular weight excluding hydrogens is 567 g/mol. The van der Waals surface area contributed by atoms with Crippen LogP contribution >= 0.6 is 11.8 Å². The average Bonchev–Trinajstić information content (AvgIpc) is 2.96. The van der Waals surface area contributed by atoms with Crippen LogP contribution in [-0.2, 0) is 4.79 Å². The predicted molar refractivity (Wildman–Crippen MR) is 156 cm³/mol. The molecule has 1 aliphatic carbocycles. The number of anilines is 1. The summed E-state index contributed by atoms with van der Waals surface area (Å²) in [5, 5.41) is 16.9. The van der Waals surface area contributed by atoms with E-state index in [1.807, 2.05) is 12.1 Å². The van der Waals surface area contributed by atoms with E-state index in [0.717, 1.165) is 18.4 Å². The number of halogens is 3. The number of aliphatic carboxylic acids is 1. The molecule has 3 amide bonds. The van der Waals surface area contributed by atoms with Crippen LogP contribution in [0.1, 0.15) is 77.5 Å². The highest BCUT2D eigenvalue weighted by Gasteiger charge is 2.29. The van der Waals surface area contributed by atoms with E-state index >= 15 is 0 Å². The lowest BCUT2D eigenvalue weighted by Crippen LogP contribution is -2.33. The van der Waals surface area contributed by atoms with Crippen molar-refractivity contribution in [1.29, 1.82) is 0 Å². The van der Waals surface area contributed by atoms with Crippen LogP contribution in [0.3, 0.4) is 0 Å². The van der Waals surface area contributed by atoms with Crippen LogP contribution in [0.4, 0.5) is 23.7 Å². The Morgan fingerprint density at radius 1 is 0.905 bits per heavy atom. The van der Waals surface area contributed by atoms with Crippen molar-refractivity contribution in [2.45, 2.75) is 60.9 Å². The van der Waals surface area contributed by atoms with E-state index in [-0.39, 0.29) is 35.3 Å². The summed E-state index contributed by atoms with van der Waals surface area (Å²) in [5.41, 5.74) is -1.19. The fourth-order valence-electron chi connectivity index (χ4n) is 5.04. The van der Waals surface area contributed by atoms with Gasteiger partial charge in [0.2, 0.25) is 0 Å². The number of alkyl halides is 3. The number of carbonyl (C=O) groups is 3. The molecule has 0 spiro atoms. The first-order valence-electron chi connectivity index (χ1n) is 13.7. The van der Waals surface area contributed by atoms with E-state index < -0.39 is 29.5 Å². The number of urea groups is 1. The average molecular weight is 600 g/mol. The Labute approximate surface area is 246 Å². The van der Waals surface area contributed by atoms with Gasteiger partial charge in [0, 0.05) is 22.7 Å². The number of thioether (sulfide) groups is 1. The maximum Gasteiger partial charge on any atom is 0.446 e. The number of carboxylic acid groups (broad SMARTS) is 1. The molecule has 1 saturated carbocycles. The predicted octanol–water partition coefficient (Wildman–Crippen LogP) is 7.46. The zero-order chi connectivity index (χ0) is 30.1. The van der Waals surface area contributed by atoms with E-state index in [1.54, 1.807) is 24.3 Å². The number of hydrogen-bond donors (Lipinski definition) is 4. The number of benzene rings is 3. The summed E-state index contributed by atoms with van der Waals surface area (Å²) in [6.07, 6.45) is 5.75. The molecule has 3 aromatic rings. The molecule has 11 heteroatoms. The first-order valence-corrected chi connectivity index (χ1v) is 14.5. The quantitative estimate of drug-likeness (QED) is 0.181. The monoisotopic (exact) mass is 599 g/mol. The summed E-state index contributed by atoms with van der Waals surface area (Å²) in [4.78, 5) is 36.1. The van der Waals surface area contributed by atoms with E-state index in [1.165, 1.54) is 49.1 Å². The highest BCUT2D eigenvalue weighted by Crippen LogP contribution is 2.38. The van der Waals surface area contributed by atoms with Gasteiger partial charge in [-0.2, -0.15) is 13.2 Å². The second-order valence-electron chi connectivity index (χ2n) is 10.1. The zero-order valence-corrected chi connectivity index (χ0v) is 23.6. The Morgan fingerprint density at radius 3 is 2.17 bits per heavy atom. The molecule has 4 N–H and O–H groups in total. The smallest absolute Gasteiger partial charge is 0.446 e. The topological polar surface area (TPSA) is 108 Å². The third-order valence-electron chi connectivity index (χ3n) is 7.08. The largest absolute Gasteiger partial charge is 0.481 e.